The first kappa shape index (κ1) is 15.6. The lowest BCUT2D eigenvalue weighted by Crippen LogP contribution is -2.25. The Kier molecular flexibility index (Phi) is 4.84. The number of nitrogens with zero attached hydrogens (tertiary/aromatic N) is 1. The highest BCUT2D eigenvalue weighted by molar-refractivity contribution is 9.10. The van der Waals surface area contributed by atoms with Crippen LogP contribution in [0, 0.1) is 0 Å². The van der Waals surface area contributed by atoms with E-state index in [1.54, 1.807) is 6.20 Å². The molecular weight excluding hydrogens is 366 g/mol. The molecule has 1 aromatic heterocycles. The lowest BCUT2D eigenvalue weighted by molar-refractivity contribution is -0.121. The smallest absolute Gasteiger partial charge is 0.220 e. The lowest BCUT2D eigenvalue weighted by atomic mass is 10.2. The first-order valence-electron chi connectivity index (χ1n) is 7.40. The molecule has 1 amide bonds. The number of pyridine rings is 1. The molecule has 22 heavy (non-hydrogen) atoms. The van der Waals surface area contributed by atoms with E-state index in [-0.39, 0.29) is 5.91 Å². The van der Waals surface area contributed by atoms with Crippen LogP contribution in [-0.2, 0) is 4.79 Å². The highest BCUT2D eigenvalue weighted by Crippen LogP contribution is 2.31. The zero-order valence-electron chi connectivity index (χ0n) is 12.0. The number of nitrogens with one attached hydrogen (secondary N) is 2. The van der Waals surface area contributed by atoms with Gasteiger partial charge in [-0.15, -0.1) is 0 Å². The Morgan fingerprint density at radius 1 is 1.41 bits per heavy atom. The first-order chi connectivity index (χ1) is 10.6. The number of halogens is 2. The molecular formula is C16H17BrClN3O. The molecule has 1 aliphatic rings. The number of benzene rings is 1. The maximum absolute atomic E-state index is 11.6. The van der Waals surface area contributed by atoms with Crippen LogP contribution in [0.1, 0.15) is 25.7 Å². The molecule has 0 saturated heterocycles. The van der Waals surface area contributed by atoms with Crippen LogP contribution in [0.3, 0.4) is 0 Å². The fourth-order valence-electron chi connectivity index (χ4n) is 2.33. The summed E-state index contributed by atoms with van der Waals surface area (Å²) in [4.78, 5) is 16.0. The van der Waals surface area contributed by atoms with Crippen molar-refractivity contribution >= 4 is 50.0 Å². The molecule has 2 aromatic rings. The number of rotatable bonds is 6. The van der Waals surface area contributed by atoms with Crippen molar-refractivity contribution < 1.29 is 4.79 Å². The molecule has 6 heteroatoms. The van der Waals surface area contributed by atoms with Gasteiger partial charge in [0.15, 0.2) is 0 Å². The van der Waals surface area contributed by atoms with Gasteiger partial charge in [0.25, 0.3) is 0 Å². The van der Waals surface area contributed by atoms with Gasteiger partial charge in [-0.1, -0.05) is 27.5 Å². The van der Waals surface area contributed by atoms with E-state index in [9.17, 15) is 4.79 Å². The number of hydrogen-bond acceptors (Lipinski definition) is 3. The highest BCUT2D eigenvalue weighted by atomic mass is 79.9. The predicted molar refractivity (Wildman–Crippen MR) is 93.3 cm³/mol. The van der Waals surface area contributed by atoms with Gasteiger partial charge >= 0.3 is 0 Å². The van der Waals surface area contributed by atoms with Crippen molar-refractivity contribution in [1.82, 2.24) is 10.3 Å². The average molecular weight is 383 g/mol. The van der Waals surface area contributed by atoms with E-state index in [0.29, 0.717) is 17.5 Å². The van der Waals surface area contributed by atoms with Gasteiger partial charge in [-0.05, 0) is 37.5 Å². The summed E-state index contributed by atoms with van der Waals surface area (Å²) >= 11 is 9.67. The molecule has 0 radical (unpaired) electrons. The molecule has 1 heterocycles. The van der Waals surface area contributed by atoms with Gasteiger partial charge in [0, 0.05) is 40.8 Å². The van der Waals surface area contributed by atoms with Crippen LogP contribution in [0.2, 0.25) is 5.02 Å². The molecule has 0 aliphatic heterocycles. The zero-order valence-corrected chi connectivity index (χ0v) is 14.4. The summed E-state index contributed by atoms with van der Waals surface area (Å²) in [5.41, 5.74) is 1.76. The Morgan fingerprint density at radius 3 is 3.00 bits per heavy atom. The molecule has 0 unspecified atom stereocenters. The second-order valence-corrected chi connectivity index (χ2v) is 6.84. The molecule has 1 saturated carbocycles. The van der Waals surface area contributed by atoms with Crippen molar-refractivity contribution in [3.63, 3.8) is 0 Å². The second-order valence-electron chi connectivity index (χ2n) is 5.51. The minimum atomic E-state index is 0.148. The summed E-state index contributed by atoms with van der Waals surface area (Å²) in [5, 5.41) is 7.96. The van der Waals surface area contributed by atoms with Gasteiger partial charge in [-0.3, -0.25) is 9.78 Å². The quantitative estimate of drug-likeness (QED) is 0.739. The SMILES string of the molecule is O=C(CCCNc1ccnc2c(Cl)cc(Br)cc12)NC1CC1. The van der Waals surface area contributed by atoms with Gasteiger partial charge in [0.05, 0.1) is 10.5 Å². The molecule has 1 fully saturated rings. The van der Waals surface area contributed by atoms with Crippen LogP contribution in [0.5, 0.6) is 0 Å². The van der Waals surface area contributed by atoms with Gasteiger partial charge in [-0.2, -0.15) is 0 Å². The minimum absolute atomic E-state index is 0.148. The molecule has 0 atom stereocenters. The molecule has 0 bridgehead atoms. The van der Waals surface area contributed by atoms with E-state index >= 15 is 0 Å². The van der Waals surface area contributed by atoms with E-state index in [2.05, 4.69) is 31.5 Å². The third-order valence-electron chi connectivity index (χ3n) is 3.60. The number of carbonyl (C=O) groups is 1. The van der Waals surface area contributed by atoms with Crippen LogP contribution < -0.4 is 10.6 Å². The van der Waals surface area contributed by atoms with Gasteiger partial charge in [-0.25, -0.2) is 0 Å². The van der Waals surface area contributed by atoms with Crippen molar-refractivity contribution in [2.75, 3.05) is 11.9 Å². The van der Waals surface area contributed by atoms with Crippen LogP contribution in [0.25, 0.3) is 10.9 Å². The predicted octanol–water partition coefficient (Wildman–Crippen LogP) is 4.12. The Morgan fingerprint density at radius 2 is 2.23 bits per heavy atom. The van der Waals surface area contributed by atoms with Crippen molar-refractivity contribution in [2.45, 2.75) is 31.7 Å². The van der Waals surface area contributed by atoms with Gasteiger partial charge in [0.2, 0.25) is 5.91 Å². The summed E-state index contributed by atoms with van der Waals surface area (Å²) in [7, 11) is 0. The third kappa shape index (κ3) is 3.90. The Hall–Kier alpha value is -1.33. The first-order valence-corrected chi connectivity index (χ1v) is 8.57. The maximum atomic E-state index is 11.6. The van der Waals surface area contributed by atoms with E-state index in [1.807, 2.05) is 18.2 Å². The van der Waals surface area contributed by atoms with Crippen LogP contribution in [0.15, 0.2) is 28.9 Å². The number of carbonyl (C=O) groups excluding carboxylic acids is 1. The Balaban J connectivity index is 1.60. The molecule has 1 aromatic carbocycles. The number of hydrogen-bond donors (Lipinski definition) is 2. The van der Waals surface area contributed by atoms with E-state index in [0.717, 1.165) is 46.9 Å². The van der Waals surface area contributed by atoms with Crippen molar-refractivity contribution in [3.05, 3.63) is 33.9 Å². The van der Waals surface area contributed by atoms with Crippen molar-refractivity contribution in [1.29, 1.82) is 0 Å². The van der Waals surface area contributed by atoms with E-state index < -0.39 is 0 Å². The topological polar surface area (TPSA) is 54.0 Å². The fraction of sp³-hybridized carbons (Fsp3) is 0.375. The molecule has 116 valence electrons. The molecule has 1 aliphatic carbocycles. The Labute approximate surface area is 142 Å². The normalized spacial score (nSPS) is 14.1. The standard InChI is InChI=1S/C16H17BrClN3O/c17-10-8-12-14(5-7-20-16(12)13(18)9-10)19-6-1-2-15(22)21-11-3-4-11/h5,7-9,11H,1-4,6H2,(H,19,20)(H,21,22). The van der Waals surface area contributed by atoms with Crippen LogP contribution in [0.4, 0.5) is 5.69 Å². The van der Waals surface area contributed by atoms with E-state index in [4.69, 9.17) is 11.6 Å². The minimum Gasteiger partial charge on any atom is -0.384 e. The summed E-state index contributed by atoms with van der Waals surface area (Å²) in [6.07, 6.45) is 5.34. The fourth-order valence-corrected chi connectivity index (χ4v) is 3.19. The molecule has 3 rings (SSSR count). The number of fused-ring (bicyclic) bond motifs is 1. The molecule has 2 N–H and O–H groups in total. The largest absolute Gasteiger partial charge is 0.384 e. The zero-order chi connectivity index (χ0) is 15.5. The number of aromatic nitrogens is 1. The average Bonchev–Trinajstić information content (AvgIpc) is 3.28. The van der Waals surface area contributed by atoms with Crippen LogP contribution in [-0.4, -0.2) is 23.5 Å². The third-order valence-corrected chi connectivity index (χ3v) is 4.35. The number of anilines is 1. The number of amides is 1. The van der Waals surface area contributed by atoms with Crippen LogP contribution >= 0.6 is 27.5 Å². The van der Waals surface area contributed by atoms with Crippen molar-refractivity contribution in [2.24, 2.45) is 0 Å². The lowest BCUT2D eigenvalue weighted by Gasteiger charge is -2.10. The molecule has 0 spiro atoms. The van der Waals surface area contributed by atoms with Gasteiger partial charge < -0.3 is 10.6 Å². The summed E-state index contributed by atoms with van der Waals surface area (Å²) in [6.45, 7) is 0.737. The molecule has 4 nitrogen and oxygen atoms in total. The van der Waals surface area contributed by atoms with E-state index in [1.165, 1.54) is 0 Å². The summed E-state index contributed by atoms with van der Waals surface area (Å²) < 4.78 is 0.921. The summed E-state index contributed by atoms with van der Waals surface area (Å²) in [6, 6.07) is 6.19. The Bertz CT molecular complexity index is 703. The monoisotopic (exact) mass is 381 g/mol. The summed E-state index contributed by atoms with van der Waals surface area (Å²) in [5.74, 6) is 0.148. The van der Waals surface area contributed by atoms with Crippen molar-refractivity contribution in [3.8, 4) is 0 Å². The highest BCUT2D eigenvalue weighted by Gasteiger charge is 2.22. The second kappa shape index (κ2) is 6.84. The van der Waals surface area contributed by atoms with Gasteiger partial charge in [0.1, 0.15) is 0 Å². The maximum Gasteiger partial charge on any atom is 0.220 e.